The summed E-state index contributed by atoms with van der Waals surface area (Å²) >= 11 is 0. The Balaban J connectivity index is 2.30. The first-order chi connectivity index (χ1) is 9.47. The van der Waals surface area contributed by atoms with Crippen LogP contribution in [0.5, 0.6) is 0 Å². The molecule has 1 aliphatic heterocycles. The highest BCUT2D eigenvalue weighted by atomic mass is 32.2. The SMILES string of the molecule is CCCC(CCO)CNCC1CCCN(S(C)(=O)=O)C1. The Morgan fingerprint density at radius 3 is 2.75 bits per heavy atom. The summed E-state index contributed by atoms with van der Waals surface area (Å²) in [6.45, 7) is 5.51. The second-order valence-electron chi connectivity index (χ2n) is 5.95. The highest BCUT2D eigenvalue weighted by Gasteiger charge is 2.25. The summed E-state index contributed by atoms with van der Waals surface area (Å²) in [5, 5.41) is 12.5. The number of hydrogen-bond donors (Lipinski definition) is 2. The molecule has 120 valence electrons. The minimum Gasteiger partial charge on any atom is -0.396 e. The molecule has 2 N–H and O–H groups in total. The largest absolute Gasteiger partial charge is 0.396 e. The Hall–Kier alpha value is -0.170. The van der Waals surface area contributed by atoms with Gasteiger partial charge >= 0.3 is 0 Å². The van der Waals surface area contributed by atoms with E-state index in [2.05, 4.69) is 12.2 Å². The molecule has 1 fully saturated rings. The molecular weight excluding hydrogens is 276 g/mol. The first-order valence-electron chi connectivity index (χ1n) is 7.74. The third-order valence-electron chi connectivity index (χ3n) is 4.05. The molecule has 0 saturated carbocycles. The first-order valence-corrected chi connectivity index (χ1v) is 9.58. The standard InChI is InChI=1S/C14H30N2O3S/c1-3-5-13(7-9-17)10-15-11-14-6-4-8-16(12-14)20(2,18)19/h13-15,17H,3-12H2,1-2H3. The van der Waals surface area contributed by atoms with Crippen LogP contribution < -0.4 is 5.32 Å². The van der Waals surface area contributed by atoms with Crippen LogP contribution in [-0.4, -0.2) is 56.9 Å². The van der Waals surface area contributed by atoms with Crippen molar-refractivity contribution in [1.82, 2.24) is 9.62 Å². The van der Waals surface area contributed by atoms with Gasteiger partial charge in [0.1, 0.15) is 0 Å². The molecule has 0 amide bonds. The molecule has 0 aromatic carbocycles. The molecule has 2 atom stereocenters. The van der Waals surface area contributed by atoms with Gasteiger partial charge in [-0.05, 0) is 50.6 Å². The van der Waals surface area contributed by atoms with Gasteiger partial charge in [-0.15, -0.1) is 0 Å². The molecule has 0 aliphatic carbocycles. The maximum absolute atomic E-state index is 11.6. The molecule has 2 unspecified atom stereocenters. The van der Waals surface area contributed by atoms with Crippen molar-refractivity contribution in [2.75, 3.05) is 39.0 Å². The molecular formula is C14H30N2O3S. The lowest BCUT2D eigenvalue weighted by atomic mass is 9.97. The fraction of sp³-hybridized carbons (Fsp3) is 1.00. The molecule has 0 spiro atoms. The van der Waals surface area contributed by atoms with E-state index in [1.54, 1.807) is 4.31 Å². The molecule has 0 bridgehead atoms. The van der Waals surface area contributed by atoms with Crippen molar-refractivity contribution in [2.24, 2.45) is 11.8 Å². The molecule has 0 aromatic rings. The van der Waals surface area contributed by atoms with Crippen LogP contribution in [0, 0.1) is 11.8 Å². The van der Waals surface area contributed by atoms with Crippen molar-refractivity contribution in [2.45, 2.75) is 39.0 Å². The molecule has 1 saturated heterocycles. The topological polar surface area (TPSA) is 69.6 Å². The average molecular weight is 306 g/mol. The van der Waals surface area contributed by atoms with Gasteiger partial charge in [0, 0.05) is 19.7 Å². The maximum Gasteiger partial charge on any atom is 0.211 e. The van der Waals surface area contributed by atoms with E-state index in [-0.39, 0.29) is 6.61 Å². The average Bonchev–Trinajstić information content (AvgIpc) is 2.38. The Kier molecular flexibility index (Phi) is 8.02. The lowest BCUT2D eigenvalue weighted by Crippen LogP contribution is -2.42. The summed E-state index contributed by atoms with van der Waals surface area (Å²) in [5.74, 6) is 0.939. The predicted molar refractivity (Wildman–Crippen MR) is 82.1 cm³/mol. The summed E-state index contributed by atoms with van der Waals surface area (Å²) in [4.78, 5) is 0. The second-order valence-corrected chi connectivity index (χ2v) is 7.94. The van der Waals surface area contributed by atoms with E-state index in [0.717, 1.165) is 45.2 Å². The zero-order valence-electron chi connectivity index (χ0n) is 12.8. The van der Waals surface area contributed by atoms with Crippen LogP contribution in [0.2, 0.25) is 0 Å². The van der Waals surface area contributed by atoms with Crippen LogP contribution in [0.3, 0.4) is 0 Å². The van der Waals surface area contributed by atoms with Crippen LogP contribution in [-0.2, 0) is 10.0 Å². The van der Waals surface area contributed by atoms with Crippen LogP contribution >= 0.6 is 0 Å². The summed E-state index contributed by atoms with van der Waals surface area (Å²) in [5.41, 5.74) is 0. The van der Waals surface area contributed by atoms with Crippen molar-refractivity contribution in [1.29, 1.82) is 0 Å². The highest BCUT2D eigenvalue weighted by molar-refractivity contribution is 7.88. The molecule has 1 rings (SSSR count). The van der Waals surface area contributed by atoms with Gasteiger partial charge in [0.2, 0.25) is 10.0 Å². The van der Waals surface area contributed by atoms with Gasteiger partial charge in [-0.1, -0.05) is 13.3 Å². The van der Waals surface area contributed by atoms with Gasteiger partial charge in [0.25, 0.3) is 0 Å². The molecule has 20 heavy (non-hydrogen) atoms. The molecule has 0 aromatic heterocycles. The van der Waals surface area contributed by atoms with Crippen LogP contribution in [0.1, 0.15) is 39.0 Å². The summed E-state index contributed by atoms with van der Waals surface area (Å²) in [6, 6.07) is 0. The minimum atomic E-state index is -3.04. The first kappa shape index (κ1) is 17.9. The number of aliphatic hydroxyl groups is 1. The third kappa shape index (κ3) is 6.52. The van der Waals surface area contributed by atoms with Gasteiger partial charge in [-0.25, -0.2) is 12.7 Å². The van der Waals surface area contributed by atoms with E-state index >= 15 is 0 Å². The Bertz CT molecular complexity index is 353. The normalized spacial score (nSPS) is 22.9. The quantitative estimate of drug-likeness (QED) is 0.668. The van der Waals surface area contributed by atoms with Crippen molar-refractivity contribution >= 4 is 10.0 Å². The van der Waals surface area contributed by atoms with Crippen LogP contribution in [0.25, 0.3) is 0 Å². The lowest BCUT2D eigenvalue weighted by Gasteiger charge is -2.31. The van der Waals surface area contributed by atoms with E-state index in [0.29, 0.717) is 24.9 Å². The van der Waals surface area contributed by atoms with Crippen LogP contribution in [0.4, 0.5) is 0 Å². The van der Waals surface area contributed by atoms with E-state index < -0.39 is 10.0 Å². The molecule has 0 radical (unpaired) electrons. The second kappa shape index (κ2) is 8.97. The Labute approximate surface area is 123 Å². The molecule has 1 aliphatic rings. The van der Waals surface area contributed by atoms with Gasteiger partial charge in [-0.3, -0.25) is 0 Å². The fourth-order valence-corrected chi connectivity index (χ4v) is 3.87. The van der Waals surface area contributed by atoms with Gasteiger partial charge in [0.05, 0.1) is 6.26 Å². The third-order valence-corrected chi connectivity index (χ3v) is 5.32. The zero-order chi connectivity index (χ0) is 15.0. The number of sulfonamides is 1. The highest BCUT2D eigenvalue weighted by Crippen LogP contribution is 2.18. The van der Waals surface area contributed by atoms with Crippen molar-refractivity contribution in [3.05, 3.63) is 0 Å². The zero-order valence-corrected chi connectivity index (χ0v) is 13.7. The maximum atomic E-state index is 11.6. The Morgan fingerprint density at radius 1 is 1.40 bits per heavy atom. The van der Waals surface area contributed by atoms with Gasteiger partial charge in [-0.2, -0.15) is 0 Å². The number of aliphatic hydroxyl groups excluding tert-OH is 1. The van der Waals surface area contributed by atoms with E-state index in [4.69, 9.17) is 5.11 Å². The molecule has 5 nitrogen and oxygen atoms in total. The fourth-order valence-electron chi connectivity index (χ4n) is 2.93. The number of nitrogens with zero attached hydrogens (tertiary/aromatic N) is 1. The smallest absolute Gasteiger partial charge is 0.211 e. The molecule has 1 heterocycles. The Morgan fingerprint density at radius 2 is 2.15 bits per heavy atom. The van der Waals surface area contributed by atoms with E-state index in [9.17, 15) is 8.42 Å². The minimum absolute atomic E-state index is 0.248. The van der Waals surface area contributed by atoms with Gasteiger partial charge in [0.15, 0.2) is 0 Å². The summed E-state index contributed by atoms with van der Waals surface area (Å²) < 4.78 is 24.7. The summed E-state index contributed by atoms with van der Waals surface area (Å²) in [7, 11) is -3.04. The lowest BCUT2D eigenvalue weighted by molar-refractivity contribution is 0.235. The predicted octanol–water partition coefficient (Wildman–Crippen LogP) is 1.05. The number of hydrogen-bond acceptors (Lipinski definition) is 4. The van der Waals surface area contributed by atoms with Crippen LogP contribution in [0.15, 0.2) is 0 Å². The van der Waals surface area contributed by atoms with Crippen molar-refractivity contribution < 1.29 is 13.5 Å². The number of nitrogens with one attached hydrogen (secondary N) is 1. The van der Waals surface area contributed by atoms with Gasteiger partial charge < -0.3 is 10.4 Å². The summed E-state index contributed by atoms with van der Waals surface area (Å²) in [6.07, 6.45) is 6.46. The van der Waals surface area contributed by atoms with Crippen molar-refractivity contribution in [3.63, 3.8) is 0 Å². The van der Waals surface area contributed by atoms with E-state index in [1.165, 1.54) is 6.26 Å². The number of piperidine rings is 1. The van der Waals surface area contributed by atoms with Crippen molar-refractivity contribution in [3.8, 4) is 0 Å². The number of rotatable bonds is 9. The molecule has 6 heteroatoms. The monoisotopic (exact) mass is 306 g/mol. The van der Waals surface area contributed by atoms with E-state index in [1.807, 2.05) is 0 Å².